The molecule has 1 aliphatic heterocycles. The third kappa shape index (κ3) is 4.31. The number of amides is 1. The van der Waals surface area contributed by atoms with Gasteiger partial charge in [-0.2, -0.15) is 0 Å². The second kappa shape index (κ2) is 8.03. The van der Waals surface area contributed by atoms with Crippen LogP contribution in [0, 0.1) is 6.92 Å². The van der Waals surface area contributed by atoms with E-state index in [1.165, 1.54) is 0 Å². The van der Waals surface area contributed by atoms with E-state index in [-0.39, 0.29) is 12.0 Å². The van der Waals surface area contributed by atoms with Crippen molar-refractivity contribution in [1.29, 1.82) is 0 Å². The Labute approximate surface area is 147 Å². The summed E-state index contributed by atoms with van der Waals surface area (Å²) in [5, 5.41) is 2.91. The standard InChI is InChI=1S/C20H23NO4/c1-14-9-10-19(23-2)17(12-14)21-20(22)16-7-3-4-8-18(16)25-13-15-6-5-11-24-15/h3-4,7-10,12,15H,5-6,11,13H2,1-2H3,(H,21,22)/t15-/m1/s1. The highest BCUT2D eigenvalue weighted by molar-refractivity contribution is 6.06. The summed E-state index contributed by atoms with van der Waals surface area (Å²) in [6.45, 7) is 3.20. The minimum Gasteiger partial charge on any atom is -0.495 e. The van der Waals surface area contributed by atoms with Gasteiger partial charge in [0.15, 0.2) is 0 Å². The molecule has 1 atom stereocenters. The molecule has 25 heavy (non-hydrogen) atoms. The first-order chi connectivity index (χ1) is 12.2. The molecular formula is C20H23NO4. The number of methoxy groups -OCH3 is 1. The molecule has 0 aliphatic carbocycles. The second-order valence-corrected chi connectivity index (χ2v) is 6.10. The molecule has 5 nitrogen and oxygen atoms in total. The number of carbonyl (C=O) groups is 1. The lowest BCUT2D eigenvalue weighted by molar-refractivity contribution is 0.0673. The second-order valence-electron chi connectivity index (χ2n) is 6.10. The molecule has 0 bridgehead atoms. The van der Waals surface area contributed by atoms with E-state index in [0.717, 1.165) is 25.0 Å². The summed E-state index contributed by atoms with van der Waals surface area (Å²) in [7, 11) is 1.58. The number of para-hydroxylation sites is 1. The molecule has 0 saturated carbocycles. The fourth-order valence-electron chi connectivity index (χ4n) is 2.85. The average Bonchev–Trinajstić information content (AvgIpc) is 3.14. The van der Waals surface area contributed by atoms with E-state index in [1.54, 1.807) is 19.2 Å². The van der Waals surface area contributed by atoms with Crippen LogP contribution in [-0.4, -0.2) is 32.3 Å². The lowest BCUT2D eigenvalue weighted by atomic mass is 10.1. The normalized spacial score (nSPS) is 16.5. The van der Waals surface area contributed by atoms with Crippen LogP contribution < -0.4 is 14.8 Å². The van der Waals surface area contributed by atoms with Crippen molar-refractivity contribution in [3.63, 3.8) is 0 Å². The van der Waals surface area contributed by atoms with E-state index in [9.17, 15) is 4.79 Å². The molecule has 1 amide bonds. The zero-order valence-corrected chi connectivity index (χ0v) is 14.6. The van der Waals surface area contributed by atoms with Gasteiger partial charge in [0.1, 0.15) is 18.1 Å². The summed E-state index contributed by atoms with van der Waals surface area (Å²) in [6.07, 6.45) is 2.16. The van der Waals surface area contributed by atoms with Crippen molar-refractivity contribution in [2.75, 3.05) is 25.6 Å². The topological polar surface area (TPSA) is 56.8 Å². The summed E-state index contributed by atoms with van der Waals surface area (Å²) in [6, 6.07) is 12.9. The van der Waals surface area contributed by atoms with Gasteiger partial charge in [-0.1, -0.05) is 18.2 Å². The van der Waals surface area contributed by atoms with Crippen molar-refractivity contribution in [1.82, 2.24) is 0 Å². The van der Waals surface area contributed by atoms with Crippen LogP contribution in [0.15, 0.2) is 42.5 Å². The van der Waals surface area contributed by atoms with Gasteiger partial charge in [-0.3, -0.25) is 4.79 Å². The highest BCUT2D eigenvalue weighted by atomic mass is 16.5. The maximum absolute atomic E-state index is 12.7. The average molecular weight is 341 g/mol. The predicted octanol–water partition coefficient (Wildman–Crippen LogP) is 3.81. The molecule has 0 aromatic heterocycles. The Kier molecular flexibility index (Phi) is 5.56. The summed E-state index contributed by atoms with van der Waals surface area (Å²) in [5.74, 6) is 0.950. The van der Waals surface area contributed by atoms with Gasteiger partial charge in [0, 0.05) is 6.61 Å². The number of aryl methyl sites for hydroxylation is 1. The summed E-state index contributed by atoms with van der Waals surface area (Å²) in [5.41, 5.74) is 2.17. The SMILES string of the molecule is COc1ccc(C)cc1NC(=O)c1ccccc1OC[C@H]1CCCO1. The van der Waals surface area contributed by atoms with Crippen molar-refractivity contribution < 1.29 is 19.0 Å². The van der Waals surface area contributed by atoms with Gasteiger partial charge in [0.25, 0.3) is 5.91 Å². The summed E-state index contributed by atoms with van der Waals surface area (Å²) in [4.78, 5) is 12.7. The van der Waals surface area contributed by atoms with Gasteiger partial charge in [0.05, 0.1) is 24.5 Å². The van der Waals surface area contributed by atoms with E-state index in [1.807, 2.05) is 37.3 Å². The van der Waals surface area contributed by atoms with Crippen molar-refractivity contribution in [3.8, 4) is 11.5 Å². The van der Waals surface area contributed by atoms with Gasteiger partial charge in [-0.15, -0.1) is 0 Å². The molecule has 1 saturated heterocycles. The van der Waals surface area contributed by atoms with E-state index in [2.05, 4.69) is 5.32 Å². The lowest BCUT2D eigenvalue weighted by Gasteiger charge is -2.15. The first-order valence-corrected chi connectivity index (χ1v) is 8.47. The maximum Gasteiger partial charge on any atom is 0.259 e. The Morgan fingerprint density at radius 3 is 2.84 bits per heavy atom. The minimum atomic E-state index is -0.230. The van der Waals surface area contributed by atoms with Crippen molar-refractivity contribution in [2.24, 2.45) is 0 Å². The fraction of sp³-hybridized carbons (Fsp3) is 0.350. The number of ether oxygens (including phenoxy) is 3. The van der Waals surface area contributed by atoms with Gasteiger partial charge in [-0.25, -0.2) is 0 Å². The molecule has 1 fully saturated rings. The Hall–Kier alpha value is -2.53. The third-order valence-electron chi connectivity index (χ3n) is 4.18. The minimum absolute atomic E-state index is 0.105. The molecule has 0 radical (unpaired) electrons. The van der Waals surface area contributed by atoms with Crippen molar-refractivity contribution in [2.45, 2.75) is 25.9 Å². The Morgan fingerprint density at radius 2 is 2.08 bits per heavy atom. The molecule has 0 spiro atoms. The van der Waals surface area contributed by atoms with E-state index >= 15 is 0 Å². The number of carbonyl (C=O) groups excluding carboxylic acids is 1. The first kappa shape index (κ1) is 17.3. The van der Waals surface area contributed by atoms with Crippen LogP contribution in [0.5, 0.6) is 11.5 Å². The van der Waals surface area contributed by atoms with Crippen molar-refractivity contribution in [3.05, 3.63) is 53.6 Å². The highest BCUT2D eigenvalue weighted by Gasteiger charge is 2.19. The number of benzene rings is 2. The number of anilines is 1. The van der Waals surface area contributed by atoms with E-state index in [0.29, 0.717) is 29.4 Å². The molecule has 2 aromatic rings. The number of hydrogen-bond acceptors (Lipinski definition) is 4. The number of rotatable bonds is 6. The Bertz CT molecular complexity index is 738. The molecule has 1 N–H and O–H groups in total. The van der Waals surface area contributed by atoms with Gasteiger partial charge >= 0.3 is 0 Å². The predicted molar refractivity (Wildman–Crippen MR) is 96.6 cm³/mol. The molecule has 3 rings (SSSR count). The molecule has 132 valence electrons. The van der Waals surface area contributed by atoms with E-state index in [4.69, 9.17) is 14.2 Å². The number of hydrogen-bond donors (Lipinski definition) is 1. The van der Waals surface area contributed by atoms with Gasteiger partial charge in [-0.05, 0) is 49.6 Å². The number of nitrogens with one attached hydrogen (secondary N) is 1. The van der Waals surface area contributed by atoms with Crippen LogP contribution in [0.3, 0.4) is 0 Å². The molecule has 1 heterocycles. The quantitative estimate of drug-likeness (QED) is 0.868. The molecule has 5 heteroatoms. The van der Waals surface area contributed by atoms with Gasteiger partial charge < -0.3 is 19.5 Å². The van der Waals surface area contributed by atoms with Gasteiger partial charge in [0.2, 0.25) is 0 Å². The fourth-order valence-corrected chi connectivity index (χ4v) is 2.85. The zero-order chi connectivity index (χ0) is 17.6. The Balaban J connectivity index is 1.74. The van der Waals surface area contributed by atoms with Crippen LogP contribution in [0.4, 0.5) is 5.69 Å². The van der Waals surface area contributed by atoms with Crippen LogP contribution in [-0.2, 0) is 4.74 Å². The largest absolute Gasteiger partial charge is 0.495 e. The van der Waals surface area contributed by atoms with Crippen LogP contribution >= 0.6 is 0 Å². The van der Waals surface area contributed by atoms with E-state index < -0.39 is 0 Å². The molecule has 0 unspecified atom stereocenters. The zero-order valence-electron chi connectivity index (χ0n) is 14.6. The highest BCUT2D eigenvalue weighted by Crippen LogP contribution is 2.27. The van der Waals surface area contributed by atoms with Crippen LogP contribution in [0.1, 0.15) is 28.8 Å². The molecule has 1 aliphatic rings. The van der Waals surface area contributed by atoms with Crippen LogP contribution in [0.2, 0.25) is 0 Å². The van der Waals surface area contributed by atoms with Crippen LogP contribution in [0.25, 0.3) is 0 Å². The Morgan fingerprint density at radius 1 is 1.24 bits per heavy atom. The first-order valence-electron chi connectivity index (χ1n) is 8.47. The lowest BCUT2D eigenvalue weighted by Crippen LogP contribution is -2.19. The maximum atomic E-state index is 12.7. The third-order valence-corrected chi connectivity index (χ3v) is 4.18. The smallest absolute Gasteiger partial charge is 0.259 e. The molecular weight excluding hydrogens is 318 g/mol. The van der Waals surface area contributed by atoms with Crippen molar-refractivity contribution >= 4 is 11.6 Å². The molecule has 2 aromatic carbocycles. The summed E-state index contributed by atoms with van der Waals surface area (Å²) < 4.78 is 16.7. The summed E-state index contributed by atoms with van der Waals surface area (Å²) >= 11 is 0. The monoisotopic (exact) mass is 341 g/mol.